The Balaban J connectivity index is 1.43. The van der Waals surface area contributed by atoms with E-state index in [-0.39, 0.29) is 23.2 Å². The molecule has 0 saturated carbocycles. The van der Waals surface area contributed by atoms with Crippen LogP contribution in [0.4, 0.5) is 16.3 Å². The molecule has 0 radical (unpaired) electrons. The monoisotopic (exact) mass is 647 g/mol. The number of thiazole rings is 1. The van der Waals surface area contributed by atoms with E-state index in [0.29, 0.717) is 34.9 Å². The third kappa shape index (κ3) is 7.83. The van der Waals surface area contributed by atoms with E-state index >= 15 is 0 Å². The summed E-state index contributed by atoms with van der Waals surface area (Å²) in [6, 6.07) is 9.44. The molecule has 4 rings (SSSR count). The van der Waals surface area contributed by atoms with Crippen molar-refractivity contribution < 1.29 is 23.9 Å². The van der Waals surface area contributed by atoms with Gasteiger partial charge < -0.3 is 19.7 Å². The maximum Gasteiger partial charge on any atom is 0.407 e. The predicted octanol–water partition coefficient (Wildman–Crippen LogP) is 4.40. The lowest BCUT2D eigenvalue weighted by Crippen LogP contribution is -2.40. The maximum absolute atomic E-state index is 13.5. The van der Waals surface area contributed by atoms with E-state index < -0.39 is 23.6 Å². The third-order valence-corrected chi connectivity index (χ3v) is 7.80. The summed E-state index contributed by atoms with van der Waals surface area (Å²) in [5, 5.41) is 8.27. The highest BCUT2D eigenvalue weighted by molar-refractivity contribution is 9.11. The number of hydrazine groups is 1. The summed E-state index contributed by atoms with van der Waals surface area (Å²) >= 11 is 4.27. The normalized spacial score (nSPS) is 15.7. The summed E-state index contributed by atoms with van der Waals surface area (Å²) in [5.74, 6) is 5.65. The zero-order valence-corrected chi connectivity index (χ0v) is 25.8. The molecule has 1 aliphatic rings. The van der Waals surface area contributed by atoms with Gasteiger partial charge in [-0.1, -0.05) is 41.7 Å². The molecule has 1 fully saturated rings. The highest BCUT2D eigenvalue weighted by Gasteiger charge is 2.32. The number of esters is 1. The minimum Gasteiger partial charge on any atom is -0.456 e. The summed E-state index contributed by atoms with van der Waals surface area (Å²) in [5.41, 5.74) is 0.431. The fourth-order valence-electron chi connectivity index (χ4n) is 4.47. The standard InChI is InChI=1S/C27H34BrN7O5S/c1-27(2,3)40-24(37)21-20(32-25(28)41-21)23(36)35(29)19-15-30-33(4)22(19)34-13-8-11-18(12-14-34)31-26(38)39-16-17-9-6-5-7-10-17/h5-7,9-10,15,18H,8,11-14,16,29H2,1-4H3,(H,31,38). The van der Waals surface area contributed by atoms with Crippen LogP contribution in [0.1, 0.15) is 65.8 Å². The highest BCUT2D eigenvalue weighted by Crippen LogP contribution is 2.32. The lowest BCUT2D eigenvalue weighted by Gasteiger charge is -2.26. The van der Waals surface area contributed by atoms with Crippen LogP contribution < -0.4 is 21.1 Å². The van der Waals surface area contributed by atoms with Crippen molar-refractivity contribution in [3.8, 4) is 0 Å². The van der Waals surface area contributed by atoms with Crippen LogP contribution in [0.2, 0.25) is 0 Å². The van der Waals surface area contributed by atoms with Crippen molar-refractivity contribution in [2.75, 3.05) is 23.0 Å². The van der Waals surface area contributed by atoms with Crippen molar-refractivity contribution in [1.29, 1.82) is 0 Å². The Morgan fingerprint density at radius 3 is 2.63 bits per heavy atom. The number of ether oxygens (including phenoxy) is 2. The van der Waals surface area contributed by atoms with Gasteiger partial charge in [0, 0.05) is 26.2 Å². The number of nitrogens with one attached hydrogen (secondary N) is 1. The maximum atomic E-state index is 13.5. The first-order valence-corrected chi connectivity index (χ1v) is 14.8. The number of carbonyl (C=O) groups is 3. The van der Waals surface area contributed by atoms with Crippen molar-refractivity contribution in [3.05, 3.63) is 56.6 Å². The number of hydrogen-bond donors (Lipinski definition) is 2. The molecule has 3 aromatic rings. The van der Waals surface area contributed by atoms with Gasteiger partial charge in [0.2, 0.25) is 0 Å². The average molecular weight is 649 g/mol. The number of nitrogens with zero attached hydrogens (tertiary/aromatic N) is 5. The molecule has 1 saturated heterocycles. The molecular formula is C27H34BrN7O5S. The number of nitrogens with two attached hydrogens (primary N) is 1. The largest absolute Gasteiger partial charge is 0.456 e. The molecule has 220 valence electrons. The quantitative estimate of drug-likeness (QED) is 0.165. The molecule has 2 amide bonds. The fraction of sp³-hybridized carbons (Fsp3) is 0.444. The number of alkyl carbamates (subject to hydrolysis) is 1. The highest BCUT2D eigenvalue weighted by atomic mass is 79.9. The van der Waals surface area contributed by atoms with Crippen molar-refractivity contribution in [3.63, 3.8) is 0 Å². The predicted molar refractivity (Wildman–Crippen MR) is 159 cm³/mol. The summed E-state index contributed by atoms with van der Waals surface area (Å²) in [7, 11) is 1.77. The van der Waals surface area contributed by atoms with Crippen LogP contribution >= 0.6 is 27.3 Å². The zero-order chi connectivity index (χ0) is 29.7. The number of rotatable bonds is 7. The Labute approximate surface area is 250 Å². The summed E-state index contributed by atoms with van der Waals surface area (Å²) in [6.45, 7) is 6.69. The molecule has 14 heteroatoms. The Morgan fingerprint density at radius 1 is 1.20 bits per heavy atom. The van der Waals surface area contributed by atoms with Gasteiger partial charge in [0.15, 0.2) is 15.4 Å². The van der Waals surface area contributed by atoms with E-state index in [1.807, 2.05) is 30.3 Å². The van der Waals surface area contributed by atoms with Gasteiger partial charge in [-0.2, -0.15) is 5.10 Å². The molecule has 41 heavy (non-hydrogen) atoms. The summed E-state index contributed by atoms with van der Waals surface area (Å²) in [6.07, 6.45) is 3.26. The Kier molecular flexibility index (Phi) is 9.66. The summed E-state index contributed by atoms with van der Waals surface area (Å²) < 4.78 is 12.9. The van der Waals surface area contributed by atoms with Crippen molar-refractivity contribution in [2.45, 2.75) is 58.3 Å². The van der Waals surface area contributed by atoms with Gasteiger partial charge in [-0.3, -0.25) is 9.48 Å². The van der Waals surface area contributed by atoms with Crippen molar-refractivity contribution in [1.82, 2.24) is 20.1 Å². The van der Waals surface area contributed by atoms with Crippen LogP contribution in [0.3, 0.4) is 0 Å². The van der Waals surface area contributed by atoms with Crippen LogP contribution in [-0.2, 0) is 23.1 Å². The molecule has 3 N–H and O–H groups in total. The molecule has 0 bridgehead atoms. The Hall–Kier alpha value is -3.49. The summed E-state index contributed by atoms with van der Waals surface area (Å²) in [4.78, 5) is 45.0. The topological polar surface area (TPSA) is 145 Å². The number of aryl methyl sites for hydroxylation is 1. The van der Waals surface area contributed by atoms with Gasteiger partial charge in [-0.15, -0.1) is 0 Å². The number of anilines is 2. The third-order valence-electron chi connectivity index (χ3n) is 6.32. The molecule has 12 nitrogen and oxygen atoms in total. The first kappa shape index (κ1) is 30.5. The van der Waals surface area contributed by atoms with Gasteiger partial charge >= 0.3 is 12.1 Å². The van der Waals surface area contributed by atoms with E-state index in [4.69, 9.17) is 15.3 Å². The molecule has 1 unspecified atom stereocenters. The zero-order valence-electron chi connectivity index (χ0n) is 23.4. The van der Waals surface area contributed by atoms with Crippen LogP contribution in [0.15, 0.2) is 40.4 Å². The van der Waals surface area contributed by atoms with Gasteiger partial charge in [0.25, 0.3) is 5.91 Å². The van der Waals surface area contributed by atoms with E-state index in [0.717, 1.165) is 34.8 Å². The number of aromatic nitrogens is 3. The number of carbonyl (C=O) groups excluding carboxylic acids is 3. The van der Waals surface area contributed by atoms with E-state index in [1.54, 1.807) is 32.5 Å². The van der Waals surface area contributed by atoms with E-state index in [2.05, 4.69) is 36.2 Å². The second-order valence-electron chi connectivity index (χ2n) is 10.6. The molecule has 2 aromatic heterocycles. The number of hydrogen-bond acceptors (Lipinski definition) is 10. The minimum atomic E-state index is -0.745. The molecule has 0 spiro atoms. The first-order chi connectivity index (χ1) is 19.4. The molecular weight excluding hydrogens is 614 g/mol. The molecule has 1 aromatic carbocycles. The number of halogens is 1. The Morgan fingerprint density at radius 2 is 1.93 bits per heavy atom. The Bertz CT molecular complexity index is 1390. The van der Waals surface area contributed by atoms with E-state index in [1.165, 1.54) is 6.20 Å². The molecule has 0 aliphatic carbocycles. The average Bonchev–Trinajstić information content (AvgIpc) is 3.42. The van der Waals surface area contributed by atoms with Crippen LogP contribution in [-0.4, -0.2) is 57.5 Å². The molecule has 1 atom stereocenters. The van der Waals surface area contributed by atoms with Gasteiger partial charge in [0.1, 0.15) is 22.8 Å². The van der Waals surface area contributed by atoms with Gasteiger partial charge in [0.05, 0.1) is 6.20 Å². The van der Waals surface area contributed by atoms with Gasteiger partial charge in [-0.25, -0.2) is 25.4 Å². The number of amides is 2. The smallest absolute Gasteiger partial charge is 0.407 e. The fourth-order valence-corrected chi connectivity index (χ4v) is 5.79. The van der Waals surface area contributed by atoms with Crippen molar-refractivity contribution in [2.24, 2.45) is 12.9 Å². The first-order valence-electron chi connectivity index (χ1n) is 13.2. The van der Waals surface area contributed by atoms with Gasteiger partial charge in [-0.05, 0) is 61.5 Å². The van der Waals surface area contributed by atoms with Crippen LogP contribution in [0.25, 0.3) is 0 Å². The second-order valence-corrected chi connectivity index (χ2v) is 12.9. The van der Waals surface area contributed by atoms with Crippen molar-refractivity contribution >= 4 is 56.7 Å². The minimum absolute atomic E-state index is 0.0560. The second kappa shape index (κ2) is 13.0. The molecule has 1 aliphatic heterocycles. The lowest BCUT2D eigenvalue weighted by molar-refractivity contribution is 0.00731. The van der Waals surface area contributed by atoms with Crippen LogP contribution in [0.5, 0.6) is 0 Å². The van der Waals surface area contributed by atoms with Crippen LogP contribution in [0, 0.1) is 0 Å². The SMILES string of the molecule is Cn1ncc(N(N)C(=O)c2nc(Br)sc2C(=O)OC(C)(C)C)c1N1CCCC(NC(=O)OCc2ccccc2)CC1. The number of benzene rings is 1. The van der Waals surface area contributed by atoms with E-state index in [9.17, 15) is 14.4 Å². The molecule has 3 heterocycles. The lowest BCUT2D eigenvalue weighted by atomic mass is 10.1.